The van der Waals surface area contributed by atoms with E-state index >= 15 is 0 Å². The van der Waals surface area contributed by atoms with Gasteiger partial charge in [-0.1, -0.05) is 18.2 Å². The number of ether oxygens (including phenoxy) is 1. The molecular weight excluding hydrogens is 222 g/mol. The maximum Gasteiger partial charge on any atom is 0.122 e. The van der Waals surface area contributed by atoms with Crippen LogP contribution in [0.3, 0.4) is 0 Å². The fourth-order valence-corrected chi connectivity index (χ4v) is 2.37. The molecule has 0 aromatic heterocycles. The summed E-state index contributed by atoms with van der Waals surface area (Å²) < 4.78 is 5.64. The Balaban J connectivity index is 1.95. The highest BCUT2D eigenvalue weighted by atomic mass is 16.5. The van der Waals surface area contributed by atoms with E-state index in [0.29, 0.717) is 0 Å². The number of aryl methyl sites for hydroxylation is 1. The topological polar surface area (TPSA) is 21.3 Å². The normalized spacial score (nSPS) is 13.6. The molecule has 1 heterocycles. The third kappa shape index (κ3) is 2.06. The summed E-state index contributed by atoms with van der Waals surface area (Å²) in [5.41, 5.74) is 4.99. The van der Waals surface area contributed by atoms with E-state index < -0.39 is 0 Å². The molecule has 92 valence electrons. The molecule has 0 atom stereocenters. The van der Waals surface area contributed by atoms with Gasteiger partial charge in [-0.15, -0.1) is 0 Å². The Morgan fingerprint density at radius 3 is 2.56 bits per heavy atom. The number of anilines is 1. The largest absolute Gasteiger partial charge is 0.493 e. The number of hydrogen-bond acceptors (Lipinski definition) is 2. The fourth-order valence-electron chi connectivity index (χ4n) is 2.37. The van der Waals surface area contributed by atoms with Crippen molar-refractivity contribution in [2.75, 3.05) is 19.0 Å². The highest BCUT2D eigenvalue weighted by molar-refractivity contribution is 5.68. The van der Waals surface area contributed by atoms with Gasteiger partial charge in [0.15, 0.2) is 0 Å². The van der Waals surface area contributed by atoms with Gasteiger partial charge in [-0.3, -0.25) is 0 Å². The molecule has 2 aromatic carbocycles. The van der Waals surface area contributed by atoms with Crippen LogP contribution in [0.5, 0.6) is 5.75 Å². The Morgan fingerprint density at radius 2 is 1.78 bits per heavy atom. The average Bonchev–Trinajstić information content (AvgIpc) is 2.47. The van der Waals surface area contributed by atoms with Gasteiger partial charge in [0.25, 0.3) is 0 Å². The molecule has 2 nitrogen and oxygen atoms in total. The van der Waals surface area contributed by atoms with Gasteiger partial charge < -0.3 is 10.1 Å². The minimum Gasteiger partial charge on any atom is -0.493 e. The van der Waals surface area contributed by atoms with Crippen molar-refractivity contribution in [3.63, 3.8) is 0 Å². The molecule has 2 aromatic rings. The molecule has 1 N–H and O–H groups in total. The van der Waals surface area contributed by atoms with Crippen LogP contribution in [-0.4, -0.2) is 13.7 Å². The number of benzene rings is 2. The molecule has 0 saturated heterocycles. The summed E-state index contributed by atoms with van der Waals surface area (Å²) in [7, 11) is 1.94. The van der Waals surface area contributed by atoms with E-state index in [1.807, 2.05) is 7.05 Å². The molecule has 1 aliphatic heterocycles. The summed E-state index contributed by atoms with van der Waals surface area (Å²) >= 11 is 0. The fraction of sp³-hybridized carbons (Fsp3) is 0.250. The smallest absolute Gasteiger partial charge is 0.122 e. The van der Waals surface area contributed by atoms with Crippen molar-refractivity contribution >= 4 is 5.69 Å². The Hall–Kier alpha value is -1.96. The Bertz CT molecular complexity index is 546. The molecule has 0 aliphatic carbocycles. The van der Waals surface area contributed by atoms with E-state index in [1.54, 1.807) is 0 Å². The highest BCUT2D eigenvalue weighted by Crippen LogP contribution is 2.30. The van der Waals surface area contributed by atoms with Gasteiger partial charge in [-0.2, -0.15) is 0 Å². The quantitative estimate of drug-likeness (QED) is 0.862. The maximum absolute atomic E-state index is 5.64. The summed E-state index contributed by atoms with van der Waals surface area (Å²) in [6, 6.07) is 15.0. The molecular formula is C16H17NO. The van der Waals surface area contributed by atoms with Crippen LogP contribution in [0.4, 0.5) is 5.69 Å². The summed E-state index contributed by atoms with van der Waals surface area (Å²) in [6.07, 6.45) is 2.24. The monoisotopic (exact) mass is 239 g/mol. The number of rotatable bonds is 2. The third-order valence-corrected chi connectivity index (χ3v) is 3.42. The Morgan fingerprint density at radius 1 is 1.00 bits per heavy atom. The van der Waals surface area contributed by atoms with Crippen molar-refractivity contribution in [1.29, 1.82) is 0 Å². The van der Waals surface area contributed by atoms with E-state index in [4.69, 9.17) is 4.74 Å². The van der Waals surface area contributed by atoms with Crippen molar-refractivity contribution in [2.45, 2.75) is 12.8 Å². The minimum atomic E-state index is 0.850. The first kappa shape index (κ1) is 11.1. The van der Waals surface area contributed by atoms with E-state index in [0.717, 1.165) is 30.9 Å². The van der Waals surface area contributed by atoms with Crippen molar-refractivity contribution in [3.8, 4) is 16.9 Å². The molecule has 0 bridgehead atoms. The van der Waals surface area contributed by atoms with E-state index in [-0.39, 0.29) is 0 Å². The summed E-state index contributed by atoms with van der Waals surface area (Å²) in [5, 5.41) is 3.14. The lowest BCUT2D eigenvalue weighted by atomic mass is 9.99. The van der Waals surface area contributed by atoms with E-state index in [9.17, 15) is 0 Å². The lowest BCUT2D eigenvalue weighted by Crippen LogP contribution is -2.07. The van der Waals surface area contributed by atoms with Crippen molar-refractivity contribution in [1.82, 2.24) is 0 Å². The van der Waals surface area contributed by atoms with Crippen molar-refractivity contribution < 1.29 is 4.74 Å². The van der Waals surface area contributed by atoms with Crippen LogP contribution >= 0.6 is 0 Å². The number of fused-ring (bicyclic) bond motifs is 1. The lowest BCUT2D eigenvalue weighted by molar-refractivity contribution is 0.288. The molecule has 2 heteroatoms. The molecule has 0 fully saturated rings. The van der Waals surface area contributed by atoms with Gasteiger partial charge in [0.2, 0.25) is 0 Å². The standard InChI is InChI=1S/C16H17NO/c1-17-15-7-4-12(5-8-15)13-6-9-16-14(11-13)3-2-10-18-16/h4-9,11,17H,2-3,10H2,1H3. The van der Waals surface area contributed by atoms with Gasteiger partial charge in [-0.25, -0.2) is 0 Å². The van der Waals surface area contributed by atoms with Gasteiger partial charge in [-0.05, 0) is 53.8 Å². The molecule has 0 radical (unpaired) electrons. The first-order valence-electron chi connectivity index (χ1n) is 6.41. The first-order valence-corrected chi connectivity index (χ1v) is 6.41. The highest BCUT2D eigenvalue weighted by Gasteiger charge is 2.10. The second-order valence-corrected chi connectivity index (χ2v) is 4.60. The average molecular weight is 239 g/mol. The zero-order valence-electron chi connectivity index (χ0n) is 10.6. The van der Waals surface area contributed by atoms with Gasteiger partial charge in [0.05, 0.1) is 6.61 Å². The Kier molecular flexibility index (Phi) is 2.93. The van der Waals surface area contributed by atoms with Crippen LogP contribution in [0.25, 0.3) is 11.1 Å². The summed E-state index contributed by atoms with van der Waals surface area (Å²) in [5.74, 6) is 1.05. The SMILES string of the molecule is CNc1ccc(-c2ccc3c(c2)CCCO3)cc1. The molecule has 0 unspecified atom stereocenters. The van der Waals surface area contributed by atoms with Crippen LogP contribution in [0.1, 0.15) is 12.0 Å². The van der Waals surface area contributed by atoms with Gasteiger partial charge in [0, 0.05) is 12.7 Å². The number of hydrogen-bond donors (Lipinski definition) is 1. The predicted octanol–water partition coefficient (Wildman–Crippen LogP) is 3.72. The molecule has 0 saturated carbocycles. The van der Waals surface area contributed by atoms with E-state index in [1.165, 1.54) is 16.7 Å². The van der Waals surface area contributed by atoms with Crippen LogP contribution < -0.4 is 10.1 Å². The zero-order chi connectivity index (χ0) is 12.4. The first-order chi connectivity index (χ1) is 8.86. The molecule has 0 spiro atoms. The predicted molar refractivity (Wildman–Crippen MR) is 75.2 cm³/mol. The number of nitrogens with one attached hydrogen (secondary N) is 1. The summed E-state index contributed by atoms with van der Waals surface area (Å²) in [4.78, 5) is 0. The van der Waals surface area contributed by atoms with Crippen LogP contribution in [-0.2, 0) is 6.42 Å². The Labute approximate surface area is 108 Å². The zero-order valence-corrected chi connectivity index (χ0v) is 10.6. The van der Waals surface area contributed by atoms with Gasteiger partial charge in [0.1, 0.15) is 5.75 Å². The van der Waals surface area contributed by atoms with E-state index in [2.05, 4.69) is 47.8 Å². The second-order valence-electron chi connectivity index (χ2n) is 4.60. The van der Waals surface area contributed by atoms with Gasteiger partial charge >= 0.3 is 0 Å². The minimum absolute atomic E-state index is 0.850. The molecule has 3 rings (SSSR count). The second kappa shape index (κ2) is 4.73. The summed E-state index contributed by atoms with van der Waals surface area (Å²) in [6.45, 7) is 0.850. The van der Waals surface area contributed by atoms with Crippen LogP contribution in [0, 0.1) is 0 Å². The maximum atomic E-state index is 5.64. The van der Waals surface area contributed by atoms with Crippen LogP contribution in [0.2, 0.25) is 0 Å². The van der Waals surface area contributed by atoms with Crippen molar-refractivity contribution in [3.05, 3.63) is 48.0 Å². The third-order valence-electron chi connectivity index (χ3n) is 3.42. The lowest BCUT2D eigenvalue weighted by Gasteiger charge is -2.18. The molecule has 1 aliphatic rings. The molecule has 0 amide bonds. The van der Waals surface area contributed by atoms with Crippen LogP contribution in [0.15, 0.2) is 42.5 Å². The van der Waals surface area contributed by atoms with Crippen molar-refractivity contribution in [2.24, 2.45) is 0 Å². The molecule has 18 heavy (non-hydrogen) atoms.